The molecule has 3 heterocycles. The third-order valence-electron chi connectivity index (χ3n) is 8.92. The van der Waals surface area contributed by atoms with Gasteiger partial charge in [0.1, 0.15) is 12.4 Å². The summed E-state index contributed by atoms with van der Waals surface area (Å²) in [6.45, 7) is 5.72. The van der Waals surface area contributed by atoms with E-state index in [2.05, 4.69) is 11.8 Å². The van der Waals surface area contributed by atoms with Crippen LogP contribution in [0.1, 0.15) is 69.9 Å². The number of likely N-dealkylation sites (tertiary alicyclic amines) is 2. The highest BCUT2D eigenvalue weighted by Crippen LogP contribution is 2.39. The molecule has 7 nitrogen and oxygen atoms in total. The van der Waals surface area contributed by atoms with Gasteiger partial charge in [-0.2, -0.15) is 4.31 Å². The van der Waals surface area contributed by atoms with Gasteiger partial charge < -0.3 is 9.64 Å². The fraction of sp³-hybridized carbons (Fsp3) is 0.567. The van der Waals surface area contributed by atoms with Crippen molar-refractivity contribution in [3.05, 3.63) is 64.9 Å². The molecule has 218 valence electrons. The fourth-order valence-corrected chi connectivity index (χ4v) is 8.48. The molecule has 0 radical (unpaired) electrons. The fourth-order valence-electron chi connectivity index (χ4n) is 6.51. The molecular weight excluding hydrogens is 553 g/mol. The van der Waals surface area contributed by atoms with Crippen molar-refractivity contribution in [3.63, 3.8) is 0 Å². The number of amides is 1. The maximum atomic E-state index is 14.2. The average Bonchev–Trinajstić information content (AvgIpc) is 2.97. The van der Waals surface area contributed by atoms with Crippen LogP contribution in [-0.2, 0) is 14.8 Å². The van der Waals surface area contributed by atoms with Gasteiger partial charge in [0.15, 0.2) is 0 Å². The monoisotopic (exact) mass is 591 g/mol. The summed E-state index contributed by atoms with van der Waals surface area (Å²) in [5.74, 6) is -0.420. The van der Waals surface area contributed by atoms with E-state index in [1.54, 1.807) is 29.2 Å². The third-order valence-corrected chi connectivity index (χ3v) is 11.1. The molecule has 10 heteroatoms. The van der Waals surface area contributed by atoms with Gasteiger partial charge in [-0.1, -0.05) is 30.2 Å². The van der Waals surface area contributed by atoms with Crippen LogP contribution in [-0.4, -0.2) is 73.0 Å². The highest BCUT2D eigenvalue weighted by atomic mass is 35.5. The van der Waals surface area contributed by atoms with E-state index in [1.807, 2.05) is 0 Å². The lowest BCUT2D eigenvalue weighted by molar-refractivity contribution is 0.0114. The Balaban J connectivity index is 1.31. The quantitative estimate of drug-likeness (QED) is 0.398. The van der Waals surface area contributed by atoms with E-state index in [-0.39, 0.29) is 17.0 Å². The first-order valence-corrected chi connectivity index (χ1v) is 16.2. The highest BCUT2D eigenvalue weighted by Gasteiger charge is 2.42. The summed E-state index contributed by atoms with van der Waals surface area (Å²) < 4.78 is 49.4. The maximum absolute atomic E-state index is 14.2. The zero-order chi connectivity index (χ0) is 28.3. The second kappa shape index (κ2) is 12.3. The standard InChI is InChI=1S/C30H39ClFN3O4S/c1-30(34-17-3-2-4-18-34)15-19-33(20-16-30)29(36)39-22-26-9-6-10-28(23-7-5-8-25(32)21-23)35(26)40(37,38)27-13-11-24(31)12-14-27/h5,7-8,11-14,21,26,28H,2-4,6,9-10,15-20,22H2,1H3/t26-,28+/m1/s1. The zero-order valence-corrected chi connectivity index (χ0v) is 24.7. The number of hydrogen-bond acceptors (Lipinski definition) is 5. The molecule has 0 bridgehead atoms. The molecule has 0 aliphatic carbocycles. The second-order valence-corrected chi connectivity index (χ2v) is 13.8. The van der Waals surface area contributed by atoms with E-state index in [1.165, 1.54) is 47.8 Å². The Bertz CT molecular complexity index is 1280. The molecule has 40 heavy (non-hydrogen) atoms. The molecule has 2 atom stereocenters. The van der Waals surface area contributed by atoms with Crippen LogP contribution in [0.25, 0.3) is 0 Å². The minimum Gasteiger partial charge on any atom is -0.448 e. The summed E-state index contributed by atoms with van der Waals surface area (Å²) in [6.07, 6.45) is 6.95. The van der Waals surface area contributed by atoms with Gasteiger partial charge >= 0.3 is 6.09 Å². The Labute approximate surface area is 242 Å². The molecule has 0 aromatic heterocycles. The Morgan fingerprint density at radius 1 is 1.00 bits per heavy atom. The van der Waals surface area contributed by atoms with E-state index >= 15 is 0 Å². The highest BCUT2D eigenvalue weighted by molar-refractivity contribution is 7.89. The lowest BCUT2D eigenvalue weighted by Crippen LogP contribution is -2.56. The van der Waals surface area contributed by atoms with Crippen molar-refractivity contribution in [1.82, 2.24) is 14.1 Å². The van der Waals surface area contributed by atoms with Crippen LogP contribution in [0, 0.1) is 5.82 Å². The van der Waals surface area contributed by atoms with Crippen LogP contribution in [0.2, 0.25) is 5.02 Å². The third kappa shape index (κ3) is 6.32. The molecule has 1 amide bonds. The minimum absolute atomic E-state index is 0.0582. The topological polar surface area (TPSA) is 70.2 Å². The molecule has 0 saturated carbocycles. The number of rotatable bonds is 6. The summed E-state index contributed by atoms with van der Waals surface area (Å²) >= 11 is 6.02. The van der Waals surface area contributed by atoms with Gasteiger partial charge in [-0.15, -0.1) is 0 Å². The Hall–Kier alpha value is -2.20. The van der Waals surface area contributed by atoms with Gasteiger partial charge in [0.25, 0.3) is 0 Å². The number of benzene rings is 2. The predicted molar refractivity (Wildman–Crippen MR) is 153 cm³/mol. The predicted octanol–water partition coefficient (Wildman–Crippen LogP) is 6.24. The van der Waals surface area contributed by atoms with Crippen molar-refractivity contribution >= 4 is 27.7 Å². The first-order valence-electron chi connectivity index (χ1n) is 14.4. The van der Waals surface area contributed by atoms with Crippen molar-refractivity contribution in [2.24, 2.45) is 0 Å². The van der Waals surface area contributed by atoms with Crippen LogP contribution >= 0.6 is 11.6 Å². The largest absolute Gasteiger partial charge is 0.448 e. The number of piperidine rings is 3. The van der Waals surface area contributed by atoms with Crippen LogP contribution in [0.4, 0.5) is 9.18 Å². The summed E-state index contributed by atoms with van der Waals surface area (Å²) in [4.78, 5) is 17.6. The number of halogens is 2. The van der Waals surface area contributed by atoms with Gasteiger partial charge in [0.05, 0.1) is 17.0 Å². The van der Waals surface area contributed by atoms with E-state index in [0.29, 0.717) is 36.5 Å². The molecule has 2 aromatic rings. The lowest BCUT2D eigenvalue weighted by atomic mass is 9.86. The normalized spacial score (nSPS) is 24.5. The van der Waals surface area contributed by atoms with Gasteiger partial charge in [-0.3, -0.25) is 4.90 Å². The summed E-state index contributed by atoms with van der Waals surface area (Å²) in [7, 11) is -4.00. The number of hydrogen-bond donors (Lipinski definition) is 0. The van der Waals surface area contributed by atoms with Crippen molar-refractivity contribution in [2.75, 3.05) is 32.8 Å². The lowest BCUT2D eigenvalue weighted by Gasteiger charge is -2.48. The Morgan fingerprint density at radius 2 is 1.70 bits per heavy atom. The average molecular weight is 592 g/mol. The summed E-state index contributed by atoms with van der Waals surface area (Å²) in [5.41, 5.74) is 0.684. The van der Waals surface area contributed by atoms with Crippen molar-refractivity contribution in [1.29, 1.82) is 0 Å². The van der Waals surface area contributed by atoms with Gasteiger partial charge in [-0.25, -0.2) is 17.6 Å². The van der Waals surface area contributed by atoms with Crippen molar-refractivity contribution in [3.8, 4) is 0 Å². The molecule has 5 rings (SSSR count). The first kappa shape index (κ1) is 29.3. The number of nitrogens with zero attached hydrogens (tertiary/aromatic N) is 3. The number of ether oxygens (including phenoxy) is 1. The summed E-state index contributed by atoms with van der Waals surface area (Å²) in [5, 5.41) is 0.433. The molecule has 3 aliphatic rings. The van der Waals surface area contributed by atoms with E-state index in [4.69, 9.17) is 16.3 Å². The number of sulfonamides is 1. The van der Waals surface area contributed by atoms with Crippen LogP contribution in [0.3, 0.4) is 0 Å². The van der Waals surface area contributed by atoms with Crippen LogP contribution in [0.5, 0.6) is 0 Å². The van der Waals surface area contributed by atoms with E-state index in [0.717, 1.165) is 32.4 Å². The zero-order valence-electron chi connectivity index (χ0n) is 23.1. The second-order valence-electron chi connectivity index (χ2n) is 11.6. The van der Waals surface area contributed by atoms with Crippen LogP contribution < -0.4 is 0 Å². The number of carbonyl (C=O) groups excluding carboxylic acids is 1. The van der Waals surface area contributed by atoms with Gasteiger partial charge in [0.2, 0.25) is 10.0 Å². The first-order chi connectivity index (χ1) is 19.2. The Kier molecular flexibility index (Phi) is 9.05. The summed E-state index contributed by atoms with van der Waals surface area (Å²) in [6, 6.07) is 11.0. The van der Waals surface area contributed by atoms with Crippen molar-refractivity contribution < 1.29 is 22.3 Å². The molecule has 3 aliphatic heterocycles. The Morgan fingerprint density at radius 3 is 2.38 bits per heavy atom. The molecule has 0 unspecified atom stereocenters. The van der Waals surface area contributed by atoms with Crippen LogP contribution in [0.15, 0.2) is 53.4 Å². The smallest absolute Gasteiger partial charge is 0.409 e. The SMILES string of the molecule is CC1(N2CCCCC2)CCN(C(=O)OC[C@H]2CCC[C@@H](c3cccc(F)c3)N2S(=O)(=O)c2ccc(Cl)cc2)CC1. The van der Waals surface area contributed by atoms with Gasteiger partial charge in [0, 0.05) is 23.7 Å². The maximum Gasteiger partial charge on any atom is 0.409 e. The molecule has 2 aromatic carbocycles. The molecule has 3 saturated heterocycles. The van der Waals surface area contributed by atoms with E-state index in [9.17, 15) is 17.6 Å². The minimum atomic E-state index is -4.00. The number of carbonyl (C=O) groups is 1. The van der Waals surface area contributed by atoms with Gasteiger partial charge in [-0.05, 0) is 107 Å². The molecule has 0 N–H and O–H groups in total. The van der Waals surface area contributed by atoms with E-state index < -0.39 is 34.0 Å². The molecular formula is C30H39ClFN3O4S. The molecule has 0 spiro atoms. The molecule has 3 fully saturated rings. The van der Waals surface area contributed by atoms with Crippen molar-refractivity contribution in [2.45, 2.75) is 80.8 Å².